The van der Waals surface area contributed by atoms with Gasteiger partial charge >= 0.3 is 0 Å². The lowest BCUT2D eigenvalue weighted by Crippen LogP contribution is -2.52. The minimum atomic E-state index is 0. The van der Waals surface area contributed by atoms with E-state index in [2.05, 4.69) is 26.3 Å². The molecule has 37 heavy (non-hydrogen) atoms. The predicted molar refractivity (Wildman–Crippen MR) is 145 cm³/mol. The van der Waals surface area contributed by atoms with Crippen LogP contribution in [-0.2, 0) is 11.8 Å². The van der Waals surface area contributed by atoms with Gasteiger partial charge in [0.15, 0.2) is 0 Å². The van der Waals surface area contributed by atoms with Gasteiger partial charge in [-0.25, -0.2) is 0 Å². The molecule has 4 heterocycles. The second-order valence-electron chi connectivity index (χ2n) is 9.72. The van der Waals surface area contributed by atoms with Crippen LogP contribution in [0, 0.1) is 0 Å². The molecule has 0 spiro atoms. The molecule has 2 aliphatic heterocycles. The van der Waals surface area contributed by atoms with Crippen LogP contribution in [0.25, 0.3) is 33.3 Å². The number of phenolic OH excluding ortho intramolecular Hbond substituents is 1. The van der Waals surface area contributed by atoms with Gasteiger partial charge < -0.3 is 14.6 Å². The van der Waals surface area contributed by atoms with Gasteiger partial charge in [0.2, 0.25) is 0 Å². The summed E-state index contributed by atoms with van der Waals surface area (Å²) in [5.41, 5.74) is 5.05. The summed E-state index contributed by atoms with van der Waals surface area (Å²) in [4.78, 5) is 2.53. The summed E-state index contributed by atoms with van der Waals surface area (Å²) in [6.07, 6.45) is 4.21. The van der Waals surface area contributed by atoms with Crippen molar-refractivity contribution in [2.24, 2.45) is 7.05 Å². The van der Waals surface area contributed by atoms with Crippen LogP contribution in [0.15, 0.2) is 48.7 Å². The second kappa shape index (κ2) is 10.7. The summed E-state index contributed by atoms with van der Waals surface area (Å²) < 4.78 is 13.1. The highest BCUT2D eigenvalue weighted by atomic mass is 35.5. The van der Waals surface area contributed by atoms with Gasteiger partial charge in [0.05, 0.1) is 18.0 Å². The van der Waals surface area contributed by atoms with Crippen molar-refractivity contribution in [3.05, 3.63) is 54.4 Å². The van der Waals surface area contributed by atoms with Crippen LogP contribution in [0.5, 0.6) is 11.5 Å². The summed E-state index contributed by atoms with van der Waals surface area (Å²) in [5.74, 6) is 1.34. The fourth-order valence-electron chi connectivity index (χ4n) is 5.33. The van der Waals surface area contributed by atoms with Crippen molar-refractivity contribution in [1.29, 1.82) is 0 Å². The predicted octanol–water partition coefficient (Wildman–Crippen LogP) is 4.80. The highest BCUT2D eigenvalue weighted by Crippen LogP contribution is 2.37. The van der Waals surface area contributed by atoms with E-state index in [9.17, 15) is 5.11 Å². The molecule has 8 nitrogen and oxygen atoms in total. The topological polar surface area (TPSA) is 85.5 Å². The van der Waals surface area contributed by atoms with Gasteiger partial charge in [0.25, 0.3) is 0 Å². The van der Waals surface area contributed by atoms with Crippen molar-refractivity contribution in [3.8, 4) is 33.9 Å². The molecule has 0 amide bonds. The van der Waals surface area contributed by atoms with Gasteiger partial charge in [-0.3, -0.25) is 9.58 Å². The number of aryl methyl sites for hydroxylation is 1. The van der Waals surface area contributed by atoms with Gasteiger partial charge in [0.1, 0.15) is 17.0 Å². The molecular weight excluding hydrogens is 490 g/mol. The zero-order chi connectivity index (χ0) is 24.6. The standard InChI is InChI=1S/C28H31N5O3.ClH/c1-3-36-27-14-19(12-20-15-32(2)31-28(20)27)18-4-5-23(26(34)13-18)25-7-6-24(29-30-25)21-16-33(17-21)22-8-10-35-11-9-22;/h4-7,12-15,21-22,34H,3,8-11,16-17H2,1-2H3;1H. The molecule has 1 N–H and O–H groups in total. The van der Waals surface area contributed by atoms with Gasteiger partial charge in [-0.2, -0.15) is 15.3 Å². The average molecular weight is 522 g/mol. The van der Waals surface area contributed by atoms with Crippen LogP contribution in [0.1, 0.15) is 31.4 Å². The Labute approximate surface area is 222 Å². The number of rotatable bonds is 6. The van der Waals surface area contributed by atoms with E-state index in [1.54, 1.807) is 10.7 Å². The first kappa shape index (κ1) is 25.4. The molecule has 0 bridgehead atoms. The Balaban J connectivity index is 0.00000280. The summed E-state index contributed by atoms with van der Waals surface area (Å²) in [6.45, 7) is 6.32. The maximum absolute atomic E-state index is 10.9. The van der Waals surface area contributed by atoms with Gasteiger partial charge in [-0.15, -0.1) is 12.4 Å². The first-order valence-corrected chi connectivity index (χ1v) is 12.7. The highest BCUT2D eigenvalue weighted by Gasteiger charge is 2.34. The van der Waals surface area contributed by atoms with Crippen molar-refractivity contribution in [3.63, 3.8) is 0 Å². The van der Waals surface area contributed by atoms with E-state index in [0.717, 1.165) is 72.6 Å². The zero-order valence-corrected chi connectivity index (χ0v) is 21.9. The van der Waals surface area contributed by atoms with Crippen LogP contribution in [-0.4, -0.2) is 68.9 Å². The molecule has 2 saturated heterocycles. The fourth-order valence-corrected chi connectivity index (χ4v) is 5.33. The molecule has 4 aromatic rings. The lowest BCUT2D eigenvalue weighted by molar-refractivity contribution is 0.000892. The number of halogens is 1. The van der Waals surface area contributed by atoms with Crippen LogP contribution in [0.3, 0.4) is 0 Å². The fraction of sp³-hybridized carbons (Fsp3) is 0.393. The SMILES string of the molecule is CCOc1cc(-c2ccc(-c3ccc(C4CN(C5CCOCC5)C4)nn3)c(O)c2)cc2cn(C)nc12.Cl. The Morgan fingerprint density at radius 1 is 1.03 bits per heavy atom. The molecule has 2 aliphatic rings. The van der Waals surface area contributed by atoms with Gasteiger partial charge in [-0.05, 0) is 67.3 Å². The molecule has 6 rings (SSSR count). The van der Waals surface area contributed by atoms with Crippen LogP contribution < -0.4 is 4.74 Å². The van der Waals surface area contributed by atoms with Crippen LogP contribution in [0.2, 0.25) is 0 Å². The van der Waals surface area contributed by atoms with Crippen molar-refractivity contribution in [1.82, 2.24) is 24.9 Å². The molecule has 0 aliphatic carbocycles. The van der Waals surface area contributed by atoms with Crippen molar-refractivity contribution in [2.45, 2.75) is 31.7 Å². The maximum atomic E-state index is 10.9. The molecule has 0 atom stereocenters. The van der Waals surface area contributed by atoms with Crippen molar-refractivity contribution < 1.29 is 14.6 Å². The molecule has 2 aromatic carbocycles. The molecule has 194 valence electrons. The Kier molecular flexibility index (Phi) is 7.33. The van der Waals surface area contributed by atoms with E-state index in [0.29, 0.717) is 29.8 Å². The third kappa shape index (κ3) is 5.01. The van der Waals surface area contributed by atoms with E-state index in [-0.39, 0.29) is 18.2 Å². The maximum Gasteiger partial charge on any atom is 0.147 e. The summed E-state index contributed by atoms with van der Waals surface area (Å²) in [7, 11) is 1.90. The number of likely N-dealkylation sites (tertiary alicyclic amines) is 1. The Morgan fingerprint density at radius 2 is 1.84 bits per heavy atom. The van der Waals surface area contributed by atoms with E-state index in [4.69, 9.17) is 9.47 Å². The lowest BCUT2D eigenvalue weighted by Gasteiger charge is -2.45. The smallest absolute Gasteiger partial charge is 0.147 e. The highest BCUT2D eigenvalue weighted by molar-refractivity contribution is 5.90. The molecule has 9 heteroatoms. The molecule has 0 radical (unpaired) electrons. The van der Waals surface area contributed by atoms with Crippen molar-refractivity contribution >= 4 is 23.3 Å². The molecule has 2 fully saturated rings. The summed E-state index contributed by atoms with van der Waals surface area (Å²) in [5, 5.41) is 25.4. The number of ether oxygens (including phenoxy) is 2. The monoisotopic (exact) mass is 521 g/mol. The number of fused-ring (bicyclic) bond motifs is 1. The third-order valence-corrected chi connectivity index (χ3v) is 7.32. The van der Waals surface area contributed by atoms with E-state index in [1.165, 1.54) is 0 Å². The van der Waals surface area contributed by atoms with E-state index >= 15 is 0 Å². The van der Waals surface area contributed by atoms with E-state index in [1.807, 2.05) is 50.5 Å². The third-order valence-electron chi connectivity index (χ3n) is 7.32. The summed E-state index contributed by atoms with van der Waals surface area (Å²) in [6, 6.07) is 14.4. The van der Waals surface area contributed by atoms with Gasteiger partial charge in [0, 0.05) is 62.5 Å². The Hall–Kier alpha value is -3.20. The minimum Gasteiger partial charge on any atom is -0.507 e. The number of aromatic hydroxyl groups is 1. The Bertz CT molecular complexity index is 1380. The second-order valence-corrected chi connectivity index (χ2v) is 9.72. The van der Waals surface area contributed by atoms with E-state index < -0.39 is 0 Å². The van der Waals surface area contributed by atoms with Crippen molar-refractivity contribution in [2.75, 3.05) is 32.9 Å². The molecule has 0 unspecified atom stereocenters. The van der Waals surface area contributed by atoms with Crippen LogP contribution in [0.4, 0.5) is 0 Å². The quantitative estimate of drug-likeness (QED) is 0.390. The first-order valence-electron chi connectivity index (χ1n) is 12.7. The largest absolute Gasteiger partial charge is 0.507 e. The lowest BCUT2D eigenvalue weighted by atomic mass is 9.91. The number of benzene rings is 2. The zero-order valence-electron chi connectivity index (χ0n) is 21.1. The molecule has 2 aromatic heterocycles. The average Bonchev–Trinajstić information content (AvgIpc) is 3.25. The number of hydrogen-bond donors (Lipinski definition) is 1. The summed E-state index contributed by atoms with van der Waals surface area (Å²) >= 11 is 0. The normalized spacial score (nSPS) is 16.9. The Morgan fingerprint density at radius 3 is 2.54 bits per heavy atom. The number of hydrogen-bond acceptors (Lipinski definition) is 7. The number of nitrogens with zero attached hydrogens (tertiary/aromatic N) is 5. The molecular formula is C28H32ClN5O3. The number of phenols is 1. The first-order chi connectivity index (χ1) is 17.6. The van der Waals surface area contributed by atoms with Gasteiger partial charge in [-0.1, -0.05) is 6.07 Å². The minimum absolute atomic E-state index is 0. The number of aromatic nitrogens is 4. The molecule has 0 saturated carbocycles. The van der Waals surface area contributed by atoms with Crippen LogP contribution >= 0.6 is 12.4 Å².